The Bertz CT molecular complexity index is 860. The van der Waals surface area contributed by atoms with Gasteiger partial charge >= 0.3 is 0 Å². The Morgan fingerprint density at radius 3 is 2.29 bits per heavy atom. The number of halogens is 1. The number of rotatable bonds is 2. The van der Waals surface area contributed by atoms with Crippen LogP contribution in [0, 0.1) is 0 Å². The van der Waals surface area contributed by atoms with Gasteiger partial charge in [0.05, 0.1) is 5.69 Å². The molecule has 2 amide bonds. The van der Waals surface area contributed by atoms with E-state index in [4.69, 9.17) is 23.8 Å². The summed E-state index contributed by atoms with van der Waals surface area (Å²) >= 11 is 11.0. The van der Waals surface area contributed by atoms with E-state index in [9.17, 15) is 14.7 Å². The lowest BCUT2D eigenvalue weighted by Crippen LogP contribution is -2.54. The van der Waals surface area contributed by atoms with E-state index < -0.39 is 11.8 Å². The summed E-state index contributed by atoms with van der Waals surface area (Å²) in [5.41, 5.74) is 1.06. The van der Waals surface area contributed by atoms with Gasteiger partial charge in [-0.2, -0.15) is 0 Å². The van der Waals surface area contributed by atoms with Crippen LogP contribution in [0.4, 0.5) is 5.69 Å². The van der Waals surface area contributed by atoms with Gasteiger partial charge in [0, 0.05) is 5.02 Å². The van der Waals surface area contributed by atoms with E-state index in [1.165, 1.54) is 23.1 Å². The largest absolute Gasteiger partial charge is 0.508 e. The minimum Gasteiger partial charge on any atom is -0.508 e. The van der Waals surface area contributed by atoms with Crippen LogP contribution in [-0.2, 0) is 9.59 Å². The SMILES string of the molecule is O=C1NC(=S)N(c2ccc(Cl)cc2)C(=O)C1=Cc1ccc(O)cc1. The second-order valence-corrected chi connectivity index (χ2v) is 5.85. The van der Waals surface area contributed by atoms with Crippen molar-refractivity contribution in [3.05, 3.63) is 64.7 Å². The number of phenolic OH excluding ortho intramolecular Hbond substituents is 1. The van der Waals surface area contributed by atoms with Gasteiger partial charge in [-0.3, -0.25) is 19.8 Å². The van der Waals surface area contributed by atoms with E-state index in [0.717, 1.165) is 0 Å². The van der Waals surface area contributed by atoms with Crippen molar-refractivity contribution in [2.45, 2.75) is 0 Å². The van der Waals surface area contributed by atoms with Gasteiger partial charge < -0.3 is 5.11 Å². The van der Waals surface area contributed by atoms with Crippen LogP contribution in [0.15, 0.2) is 54.1 Å². The van der Waals surface area contributed by atoms with E-state index in [1.807, 2.05) is 0 Å². The molecule has 2 aromatic rings. The van der Waals surface area contributed by atoms with Gasteiger partial charge in [-0.15, -0.1) is 0 Å². The maximum atomic E-state index is 12.7. The zero-order valence-electron chi connectivity index (χ0n) is 12.2. The first kappa shape index (κ1) is 16.2. The number of amides is 2. The molecule has 1 aliphatic heterocycles. The number of nitrogens with one attached hydrogen (secondary N) is 1. The molecule has 1 saturated heterocycles. The molecule has 1 aliphatic rings. The average molecular weight is 359 g/mol. The highest BCUT2D eigenvalue weighted by molar-refractivity contribution is 7.80. The zero-order valence-corrected chi connectivity index (χ0v) is 13.8. The third-order valence-electron chi connectivity index (χ3n) is 3.39. The van der Waals surface area contributed by atoms with Crippen molar-refractivity contribution >= 4 is 52.5 Å². The van der Waals surface area contributed by atoms with Gasteiger partial charge in [0.15, 0.2) is 5.11 Å². The number of aromatic hydroxyl groups is 1. The first-order valence-electron chi connectivity index (χ1n) is 6.92. The molecular formula is C17H11ClN2O3S. The summed E-state index contributed by atoms with van der Waals surface area (Å²) in [4.78, 5) is 26.1. The molecular weight excluding hydrogens is 348 g/mol. The van der Waals surface area contributed by atoms with Crippen molar-refractivity contribution in [3.8, 4) is 5.75 Å². The van der Waals surface area contributed by atoms with Crippen molar-refractivity contribution in [3.63, 3.8) is 0 Å². The van der Waals surface area contributed by atoms with Crippen molar-refractivity contribution < 1.29 is 14.7 Å². The van der Waals surface area contributed by atoms with Crippen LogP contribution < -0.4 is 10.2 Å². The molecule has 0 atom stereocenters. The summed E-state index contributed by atoms with van der Waals surface area (Å²) in [5, 5.41) is 12.3. The zero-order chi connectivity index (χ0) is 17.3. The molecule has 0 radical (unpaired) electrons. The highest BCUT2D eigenvalue weighted by atomic mass is 35.5. The molecule has 2 N–H and O–H groups in total. The second kappa shape index (κ2) is 6.43. The number of phenols is 1. The molecule has 1 heterocycles. The summed E-state index contributed by atoms with van der Waals surface area (Å²) in [6.45, 7) is 0. The Balaban J connectivity index is 1.99. The molecule has 7 heteroatoms. The number of carbonyl (C=O) groups excluding carboxylic acids is 2. The number of thiocarbonyl (C=S) groups is 1. The summed E-state index contributed by atoms with van der Waals surface area (Å²) in [7, 11) is 0. The number of nitrogens with zero attached hydrogens (tertiary/aromatic N) is 1. The van der Waals surface area contributed by atoms with Crippen molar-refractivity contribution in [1.29, 1.82) is 0 Å². The minimum absolute atomic E-state index is 0.00942. The van der Waals surface area contributed by atoms with Crippen LogP contribution in [0.2, 0.25) is 5.02 Å². The highest BCUT2D eigenvalue weighted by Gasteiger charge is 2.34. The predicted octanol–water partition coefficient (Wildman–Crippen LogP) is 2.88. The smallest absolute Gasteiger partial charge is 0.270 e. The van der Waals surface area contributed by atoms with E-state index >= 15 is 0 Å². The summed E-state index contributed by atoms with van der Waals surface area (Å²) in [6.07, 6.45) is 1.45. The van der Waals surface area contributed by atoms with E-state index in [2.05, 4.69) is 5.32 Å². The van der Waals surface area contributed by atoms with Crippen molar-refractivity contribution in [2.75, 3.05) is 4.90 Å². The third-order valence-corrected chi connectivity index (χ3v) is 3.93. The molecule has 3 rings (SSSR count). The Hall–Kier alpha value is -2.70. The van der Waals surface area contributed by atoms with Crippen molar-refractivity contribution in [1.82, 2.24) is 5.32 Å². The van der Waals surface area contributed by atoms with Gasteiger partial charge in [-0.05, 0) is 60.3 Å². The van der Waals surface area contributed by atoms with Gasteiger partial charge in [0.2, 0.25) is 0 Å². The maximum Gasteiger partial charge on any atom is 0.270 e. The third kappa shape index (κ3) is 3.15. The first-order valence-corrected chi connectivity index (χ1v) is 7.70. The fourth-order valence-electron chi connectivity index (χ4n) is 2.22. The van der Waals surface area contributed by atoms with Crippen LogP contribution >= 0.6 is 23.8 Å². The maximum absolute atomic E-state index is 12.7. The molecule has 0 aromatic heterocycles. The summed E-state index contributed by atoms with van der Waals surface area (Å²) in [6, 6.07) is 12.7. The minimum atomic E-state index is -0.566. The molecule has 0 aliphatic carbocycles. The molecule has 5 nitrogen and oxygen atoms in total. The predicted molar refractivity (Wildman–Crippen MR) is 95.8 cm³/mol. The average Bonchev–Trinajstić information content (AvgIpc) is 2.55. The molecule has 24 heavy (non-hydrogen) atoms. The molecule has 0 unspecified atom stereocenters. The normalized spacial score (nSPS) is 16.5. The Morgan fingerprint density at radius 1 is 1.04 bits per heavy atom. The van der Waals surface area contributed by atoms with Crippen LogP contribution in [0.25, 0.3) is 6.08 Å². The lowest BCUT2D eigenvalue weighted by Gasteiger charge is -2.28. The molecule has 1 fully saturated rings. The van der Waals surface area contributed by atoms with Crippen LogP contribution in [-0.4, -0.2) is 22.0 Å². The standard InChI is InChI=1S/C17H11ClN2O3S/c18-11-3-5-12(6-4-11)20-16(23)14(15(22)19-17(20)24)9-10-1-7-13(21)8-2-10/h1-9,21H,(H,19,22,24). The Labute approximate surface area is 148 Å². The number of hydrogen-bond acceptors (Lipinski definition) is 4. The number of hydrogen-bond donors (Lipinski definition) is 2. The molecule has 2 aromatic carbocycles. The second-order valence-electron chi connectivity index (χ2n) is 5.03. The van der Waals surface area contributed by atoms with E-state index in [1.54, 1.807) is 36.4 Å². The van der Waals surface area contributed by atoms with E-state index in [0.29, 0.717) is 16.3 Å². The van der Waals surface area contributed by atoms with Crippen LogP contribution in [0.1, 0.15) is 5.56 Å². The Morgan fingerprint density at radius 2 is 1.67 bits per heavy atom. The van der Waals surface area contributed by atoms with E-state index in [-0.39, 0.29) is 16.4 Å². The quantitative estimate of drug-likeness (QED) is 0.492. The number of carbonyl (C=O) groups is 2. The fourth-order valence-corrected chi connectivity index (χ4v) is 2.63. The monoisotopic (exact) mass is 358 g/mol. The topological polar surface area (TPSA) is 69.6 Å². The van der Waals surface area contributed by atoms with Gasteiger partial charge in [0.1, 0.15) is 11.3 Å². The van der Waals surface area contributed by atoms with Crippen LogP contribution in [0.3, 0.4) is 0 Å². The summed E-state index contributed by atoms with van der Waals surface area (Å²) in [5.74, 6) is -0.997. The number of benzene rings is 2. The van der Waals surface area contributed by atoms with Gasteiger partial charge in [-0.25, -0.2) is 0 Å². The van der Waals surface area contributed by atoms with Crippen LogP contribution in [0.5, 0.6) is 5.75 Å². The lowest BCUT2D eigenvalue weighted by molar-refractivity contribution is -0.122. The van der Waals surface area contributed by atoms with Crippen molar-refractivity contribution in [2.24, 2.45) is 0 Å². The van der Waals surface area contributed by atoms with Gasteiger partial charge in [-0.1, -0.05) is 23.7 Å². The first-order chi connectivity index (χ1) is 11.5. The summed E-state index contributed by atoms with van der Waals surface area (Å²) < 4.78 is 0. The number of anilines is 1. The van der Waals surface area contributed by atoms with Gasteiger partial charge in [0.25, 0.3) is 11.8 Å². The molecule has 0 spiro atoms. The molecule has 120 valence electrons. The molecule has 0 saturated carbocycles. The highest BCUT2D eigenvalue weighted by Crippen LogP contribution is 2.24. The fraction of sp³-hybridized carbons (Fsp3) is 0. The molecule has 0 bridgehead atoms. The lowest BCUT2D eigenvalue weighted by atomic mass is 10.1. The Kier molecular flexibility index (Phi) is 4.33.